The topological polar surface area (TPSA) is 125 Å². The SMILES string of the molecule is C1CCC(NC2CCCCC2)CC1.CNC[C@H](O)[C@@H](O)[C@H](O)[C@H](O)CO. The van der Waals surface area contributed by atoms with Crippen molar-refractivity contribution in [3.8, 4) is 0 Å². The van der Waals surface area contributed by atoms with E-state index in [0.717, 1.165) is 12.1 Å². The van der Waals surface area contributed by atoms with Crippen LogP contribution in [0, 0.1) is 0 Å². The first kappa shape index (κ1) is 23.8. The van der Waals surface area contributed by atoms with Gasteiger partial charge in [-0.2, -0.15) is 0 Å². The lowest BCUT2D eigenvalue weighted by atomic mass is 9.91. The zero-order valence-corrected chi connectivity index (χ0v) is 16.2. The Labute approximate surface area is 157 Å². The molecule has 2 saturated carbocycles. The largest absolute Gasteiger partial charge is 0.394 e. The van der Waals surface area contributed by atoms with Crippen LogP contribution < -0.4 is 10.6 Å². The van der Waals surface area contributed by atoms with Gasteiger partial charge in [-0.05, 0) is 32.7 Å². The Morgan fingerprint density at radius 1 is 0.731 bits per heavy atom. The minimum absolute atomic E-state index is 0.0936. The minimum Gasteiger partial charge on any atom is -0.394 e. The lowest BCUT2D eigenvalue weighted by molar-refractivity contribution is -0.113. The zero-order chi connectivity index (χ0) is 19.4. The highest BCUT2D eigenvalue weighted by molar-refractivity contribution is 4.81. The molecule has 0 bridgehead atoms. The Balaban J connectivity index is 0.000000260. The van der Waals surface area contributed by atoms with Crippen molar-refractivity contribution in [3.63, 3.8) is 0 Å². The molecule has 0 amide bonds. The van der Waals surface area contributed by atoms with Gasteiger partial charge in [0.2, 0.25) is 0 Å². The molecule has 7 heteroatoms. The molecule has 0 aliphatic heterocycles. The van der Waals surface area contributed by atoms with Crippen LogP contribution in [0.25, 0.3) is 0 Å². The van der Waals surface area contributed by atoms with Crippen molar-refractivity contribution in [2.45, 2.75) is 101 Å². The van der Waals surface area contributed by atoms with Crippen molar-refractivity contribution in [2.75, 3.05) is 20.2 Å². The second-order valence-electron chi connectivity index (χ2n) is 7.69. The molecule has 2 rings (SSSR count). The average Bonchev–Trinajstić information content (AvgIpc) is 2.68. The molecule has 7 N–H and O–H groups in total. The van der Waals surface area contributed by atoms with Crippen LogP contribution in [0.2, 0.25) is 0 Å². The normalized spacial score (nSPS) is 24.2. The number of aliphatic hydroxyl groups is 5. The van der Waals surface area contributed by atoms with Gasteiger partial charge in [-0.3, -0.25) is 0 Å². The van der Waals surface area contributed by atoms with Gasteiger partial charge in [-0.15, -0.1) is 0 Å². The fraction of sp³-hybridized carbons (Fsp3) is 1.00. The summed E-state index contributed by atoms with van der Waals surface area (Å²) in [6.07, 6.45) is 8.92. The van der Waals surface area contributed by atoms with Gasteiger partial charge in [0.05, 0.1) is 12.7 Å². The van der Waals surface area contributed by atoms with E-state index in [1.54, 1.807) is 7.05 Å². The molecule has 4 atom stereocenters. The molecule has 0 aromatic rings. The molecule has 0 aromatic carbocycles. The molecule has 0 spiro atoms. The molecule has 2 aliphatic rings. The van der Waals surface area contributed by atoms with E-state index in [1.807, 2.05) is 0 Å². The zero-order valence-electron chi connectivity index (χ0n) is 16.2. The second kappa shape index (κ2) is 13.8. The van der Waals surface area contributed by atoms with Crippen LogP contribution in [0.5, 0.6) is 0 Å². The molecule has 0 unspecified atom stereocenters. The summed E-state index contributed by atoms with van der Waals surface area (Å²) in [7, 11) is 1.57. The van der Waals surface area contributed by atoms with Gasteiger partial charge >= 0.3 is 0 Å². The van der Waals surface area contributed by atoms with Crippen molar-refractivity contribution in [1.29, 1.82) is 0 Å². The van der Waals surface area contributed by atoms with Crippen LogP contribution in [0.1, 0.15) is 64.2 Å². The molecule has 26 heavy (non-hydrogen) atoms. The average molecular weight is 377 g/mol. The van der Waals surface area contributed by atoms with Crippen LogP contribution in [0.3, 0.4) is 0 Å². The van der Waals surface area contributed by atoms with E-state index in [1.165, 1.54) is 64.2 Å². The Hall–Kier alpha value is -0.280. The van der Waals surface area contributed by atoms with Gasteiger partial charge in [0.15, 0.2) is 0 Å². The monoisotopic (exact) mass is 376 g/mol. The molecular formula is C19H40N2O5. The van der Waals surface area contributed by atoms with E-state index in [-0.39, 0.29) is 6.54 Å². The maximum Gasteiger partial charge on any atom is 0.111 e. The van der Waals surface area contributed by atoms with Crippen molar-refractivity contribution in [2.24, 2.45) is 0 Å². The molecular weight excluding hydrogens is 336 g/mol. The number of hydrogen-bond acceptors (Lipinski definition) is 7. The summed E-state index contributed by atoms with van der Waals surface area (Å²) >= 11 is 0. The Morgan fingerprint density at radius 2 is 1.15 bits per heavy atom. The standard InChI is InChI=1S/C12H23N.C7H17NO5/c1-3-7-11(8-4-1)13-12-9-5-2-6-10-12;1-8-2-4(10)6(12)7(13)5(11)3-9/h11-13H,1-10H2;4-13H,2-3H2,1H3/t;4-,5+,6+,7+/m.0/s1. The van der Waals surface area contributed by atoms with Crippen LogP contribution in [0.15, 0.2) is 0 Å². The van der Waals surface area contributed by atoms with Crippen molar-refractivity contribution < 1.29 is 25.5 Å². The van der Waals surface area contributed by atoms with E-state index >= 15 is 0 Å². The highest BCUT2D eigenvalue weighted by atomic mass is 16.4. The first-order valence-corrected chi connectivity index (χ1v) is 10.2. The van der Waals surface area contributed by atoms with E-state index in [0.29, 0.717) is 0 Å². The number of hydrogen-bond donors (Lipinski definition) is 7. The lowest BCUT2D eigenvalue weighted by Crippen LogP contribution is -2.48. The van der Waals surface area contributed by atoms with Gasteiger partial charge < -0.3 is 36.2 Å². The van der Waals surface area contributed by atoms with Crippen LogP contribution in [-0.2, 0) is 0 Å². The van der Waals surface area contributed by atoms with E-state index in [2.05, 4.69) is 10.6 Å². The summed E-state index contributed by atoms with van der Waals surface area (Å²) in [5, 5.41) is 51.3. The van der Waals surface area contributed by atoms with Gasteiger partial charge in [0.1, 0.15) is 18.3 Å². The second-order valence-corrected chi connectivity index (χ2v) is 7.69. The van der Waals surface area contributed by atoms with Crippen LogP contribution in [-0.4, -0.2) is 82.2 Å². The third-order valence-electron chi connectivity index (χ3n) is 5.42. The summed E-state index contributed by atoms with van der Waals surface area (Å²) in [5.41, 5.74) is 0. The summed E-state index contributed by atoms with van der Waals surface area (Å²) < 4.78 is 0. The maximum atomic E-state index is 9.21. The Morgan fingerprint density at radius 3 is 1.54 bits per heavy atom. The quantitative estimate of drug-likeness (QED) is 0.315. The van der Waals surface area contributed by atoms with Crippen LogP contribution in [0.4, 0.5) is 0 Å². The molecule has 156 valence electrons. The summed E-state index contributed by atoms with van der Waals surface area (Å²) in [6.45, 7) is -0.569. The summed E-state index contributed by atoms with van der Waals surface area (Å²) in [4.78, 5) is 0. The fourth-order valence-corrected chi connectivity index (χ4v) is 3.76. The molecule has 0 aromatic heterocycles. The molecule has 7 nitrogen and oxygen atoms in total. The number of aliphatic hydroxyl groups excluding tert-OH is 5. The highest BCUT2D eigenvalue weighted by Gasteiger charge is 2.29. The molecule has 0 radical (unpaired) electrons. The van der Waals surface area contributed by atoms with Gasteiger partial charge in [-0.1, -0.05) is 38.5 Å². The van der Waals surface area contributed by atoms with Crippen molar-refractivity contribution in [1.82, 2.24) is 10.6 Å². The summed E-state index contributed by atoms with van der Waals surface area (Å²) in [5.74, 6) is 0. The predicted octanol–water partition coefficient (Wildman–Crippen LogP) is -0.117. The predicted molar refractivity (Wildman–Crippen MR) is 102 cm³/mol. The first-order chi connectivity index (χ1) is 12.5. The van der Waals surface area contributed by atoms with E-state index in [4.69, 9.17) is 20.4 Å². The summed E-state index contributed by atoms with van der Waals surface area (Å²) in [6, 6.07) is 1.74. The van der Waals surface area contributed by atoms with E-state index < -0.39 is 31.0 Å². The van der Waals surface area contributed by atoms with Crippen molar-refractivity contribution in [3.05, 3.63) is 0 Å². The fourth-order valence-electron chi connectivity index (χ4n) is 3.76. The van der Waals surface area contributed by atoms with Crippen LogP contribution >= 0.6 is 0 Å². The molecule has 0 saturated heterocycles. The van der Waals surface area contributed by atoms with Crippen molar-refractivity contribution >= 4 is 0 Å². The number of likely N-dealkylation sites (N-methyl/N-ethyl adjacent to an activating group) is 1. The Bertz CT molecular complexity index is 320. The highest BCUT2D eigenvalue weighted by Crippen LogP contribution is 2.22. The Kier molecular flexibility index (Phi) is 12.6. The number of nitrogens with one attached hydrogen (secondary N) is 2. The third kappa shape index (κ3) is 9.08. The molecule has 0 heterocycles. The third-order valence-corrected chi connectivity index (χ3v) is 5.42. The van der Waals surface area contributed by atoms with Gasteiger partial charge in [0, 0.05) is 18.6 Å². The molecule has 2 aliphatic carbocycles. The number of rotatable bonds is 8. The smallest absolute Gasteiger partial charge is 0.111 e. The lowest BCUT2D eigenvalue weighted by Gasteiger charge is -2.30. The first-order valence-electron chi connectivity index (χ1n) is 10.2. The maximum absolute atomic E-state index is 9.21. The minimum atomic E-state index is -1.55. The van der Waals surface area contributed by atoms with E-state index in [9.17, 15) is 5.11 Å². The van der Waals surface area contributed by atoms with Gasteiger partial charge in [-0.25, -0.2) is 0 Å². The molecule has 2 fully saturated rings. The van der Waals surface area contributed by atoms with Gasteiger partial charge in [0.25, 0.3) is 0 Å².